The van der Waals surface area contributed by atoms with Crippen molar-refractivity contribution in [2.75, 3.05) is 36.4 Å². The summed E-state index contributed by atoms with van der Waals surface area (Å²) in [6.07, 6.45) is 3.11. The van der Waals surface area contributed by atoms with Crippen molar-refractivity contribution in [2.24, 2.45) is 0 Å². The summed E-state index contributed by atoms with van der Waals surface area (Å²) in [5.74, 6) is 0.903. The number of fused-ring (bicyclic) bond motifs is 1. The average molecular weight is 454 g/mol. The first-order valence-corrected chi connectivity index (χ1v) is 10.8. The molecule has 2 aromatic heterocycles. The summed E-state index contributed by atoms with van der Waals surface area (Å²) in [6.45, 7) is 2.13. The molecule has 0 bridgehead atoms. The minimum atomic E-state index is -0.129. The lowest BCUT2D eigenvalue weighted by Gasteiger charge is -2.22. The third-order valence-corrected chi connectivity index (χ3v) is 5.88. The van der Waals surface area contributed by atoms with E-state index >= 15 is 0 Å². The van der Waals surface area contributed by atoms with Crippen LogP contribution in [0.15, 0.2) is 23.0 Å². The molecule has 0 saturated carbocycles. The Morgan fingerprint density at radius 1 is 1.25 bits per heavy atom. The van der Waals surface area contributed by atoms with Crippen LogP contribution in [0.1, 0.15) is 36.7 Å². The molecule has 32 heavy (non-hydrogen) atoms. The Morgan fingerprint density at radius 3 is 2.91 bits per heavy atom. The normalized spacial score (nSPS) is 16.4. The molecule has 166 valence electrons. The van der Waals surface area contributed by atoms with Crippen molar-refractivity contribution >= 4 is 40.1 Å². The number of hydrogen-bond donors (Lipinski definition) is 4. The SMILES string of the molecule is N#Cc1c(N)nc(N)nc1NCCc1nc2cccc(Cl)c2c(=O)n1[C@H]1CCCNCC1. The monoisotopic (exact) mass is 453 g/mol. The molecule has 1 atom stereocenters. The van der Waals surface area contributed by atoms with Crippen molar-refractivity contribution in [2.45, 2.75) is 31.7 Å². The van der Waals surface area contributed by atoms with Crippen LogP contribution in [0.5, 0.6) is 0 Å². The Bertz CT molecular complexity index is 1240. The van der Waals surface area contributed by atoms with Gasteiger partial charge in [0.05, 0.1) is 15.9 Å². The molecule has 4 rings (SSSR count). The van der Waals surface area contributed by atoms with E-state index in [1.807, 2.05) is 6.07 Å². The summed E-state index contributed by atoms with van der Waals surface area (Å²) in [4.78, 5) is 26.2. The summed E-state index contributed by atoms with van der Waals surface area (Å²) in [7, 11) is 0. The predicted octanol–water partition coefficient (Wildman–Crippen LogP) is 1.85. The molecule has 0 radical (unpaired) electrons. The smallest absolute Gasteiger partial charge is 0.263 e. The van der Waals surface area contributed by atoms with E-state index in [-0.39, 0.29) is 34.7 Å². The maximum absolute atomic E-state index is 13.5. The van der Waals surface area contributed by atoms with Gasteiger partial charge in [-0.25, -0.2) is 4.98 Å². The minimum absolute atomic E-state index is 0.0174. The molecule has 11 heteroatoms. The van der Waals surface area contributed by atoms with Crippen molar-refractivity contribution < 1.29 is 0 Å². The number of halogens is 1. The van der Waals surface area contributed by atoms with Crippen LogP contribution in [0.2, 0.25) is 5.02 Å². The van der Waals surface area contributed by atoms with E-state index in [0.717, 1.165) is 32.4 Å². The zero-order valence-corrected chi connectivity index (χ0v) is 18.2. The van der Waals surface area contributed by atoms with Crippen LogP contribution in [-0.2, 0) is 6.42 Å². The van der Waals surface area contributed by atoms with E-state index in [1.165, 1.54) is 0 Å². The summed E-state index contributed by atoms with van der Waals surface area (Å²) in [5.41, 5.74) is 12.0. The highest BCUT2D eigenvalue weighted by atomic mass is 35.5. The van der Waals surface area contributed by atoms with Gasteiger partial charge in [-0.3, -0.25) is 9.36 Å². The molecule has 0 amide bonds. The van der Waals surface area contributed by atoms with Gasteiger partial charge in [0.25, 0.3) is 5.56 Å². The van der Waals surface area contributed by atoms with E-state index in [1.54, 1.807) is 22.8 Å². The summed E-state index contributed by atoms with van der Waals surface area (Å²) >= 11 is 6.36. The summed E-state index contributed by atoms with van der Waals surface area (Å²) in [5, 5.41) is 16.7. The Balaban J connectivity index is 1.70. The Kier molecular flexibility index (Phi) is 6.39. The van der Waals surface area contributed by atoms with Crippen LogP contribution in [-0.4, -0.2) is 39.2 Å². The average Bonchev–Trinajstić information content (AvgIpc) is 3.03. The van der Waals surface area contributed by atoms with Gasteiger partial charge in [-0.1, -0.05) is 17.7 Å². The number of hydrogen-bond acceptors (Lipinski definition) is 9. The Hall–Kier alpha value is -3.42. The van der Waals surface area contributed by atoms with E-state index in [2.05, 4.69) is 20.6 Å². The standard InChI is InChI=1S/C21H24ClN9O/c22-14-4-1-5-15-17(14)20(32)31(12-3-2-8-26-9-6-12)16(28-15)7-10-27-19-13(11-23)18(24)29-21(25)30-19/h1,4-5,12,26H,2-3,6-10H2,(H5,24,25,27,29,30)/t12-/m0/s1. The second-order valence-electron chi connectivity index (χ2n) is 7.65. The van der Waals surface area contributed by atoms with Crippen LogP contribution in [0.3, 0.4) is 0 Å². The molecule has 0 spiro atoms. The first-order valence-electron chi connectivity index (χ1n) is 10.5. The molecule has 0 unspecified atom stereocenters. The second kappa shape index (κ2) is 9.38. The number of nitrogens with two attached hydrogens (primary N) is 2. The summed E-state index contributed by atoms with van der Waals surface area (Å²) < 4.78 is 1.79. The number of anilines is 3. The Morgan fingerprint density at radius 2 is 2.09 bits per heavy atom. The largest absolute Gasteiger partial charge is 0.382 e. The van der Waals surface area contributed by atoms with Crippen molar-refractivity contribution in [3.05, 3.63) is 45.0 Å². The van der Waals surface area contributed by atoms with Crippen LogP contribution in [0.4, 0.5) is 17.6 Å². The molecule has 10 nitrogen and oxygen atoms in total. The van der Waals surface area contributed by atoms with E-state index < -0.39 is 0 Å². The van der Waals surface area contributed by atoms with Crippen LogP contribution >= 0.6 is 11.6 Å². The number of aromatic nitrogens is 4. The number of nitrogens with zero attached hydrogens (tertiary/aromatic N) is 5. The highest BCUT2D eigenvalue weighted by Crippen LogP contribution is 2.25. The number of nitrogens with one attached hydrogen (secondary N) is 2. The fourth-order valence-corrected chi connectivity index (χ4v) is 4.34. The van der Waals surface area contributed by atoms with Gasteiger partial charge in [0, 0.05) is 19.0 Å². The number of benzene rings is 1. The van der Waals surface area contributed by atoms with Crippen molar-refractivity contribution in [1.29, 1.82) is 5.26 Å². The molecule has 1 aromatic carbocycles. The van der Waals surface area contributed by atoms with Crippen molar-refractivity contribution in [3.63, 3.8) is 0 Å². The molecule has 1 aliphatic rings. The zero-order valence-electron chi connectivity index (χ0n) is 17.4. The van der Waals surface area contributed by atoms with Gasteiger partial charge < -0.3 is 22.1 Å². The molecule has 1 fully saturated rings. The zero-order chi connectivity index (χ0) is 22.7. The van der Waals surface area contributed by atoms with Gasteiger partial charge >= 0.3 is 0 Å². The van der Waals surface area contributed by atoms with E-state index in [0.29, 0.717) is 34.7 Å². The fraction of sp³-hybridized carbons (Fsp3) is 0.381. The highest BCUT2D eigenvalue weighted by molar-refractivity contribution is 6.35. The molecule has 3 heterocycles. The minimum Gasteiger partial charge on any atom is -0.382 e. The first kappa shape index (κ1) is 21.8. The van der Waals surface area contributed by atoms with Gasteiger partial charge in [0.2, 0.25) is 5.95 Å². The molecule has 1 saturated heterocycles. The van der Waals surface area contributed by atoms with E-state index in [9.17, 15) is 10.1 Å². The third kappa shape index (κ3) is 4.30. The quantitative estimate of drug-likeness (QED) is 0.451. The van der Waals surface area contributed by atoms with Gasteiger partial charge in [0.15, 0.2) is 5.82 Å². The highest BCUT2D eigenvalue weighted by Gasteiger charge is 2.22. The molecule has 3 aromatic rings. The van der Waals surface area contributed by atoms with Crippen LogP contribution < -0.4 is 27.7 Å². The Labute approximate surface area is 189 Å². The van der Waals surface area contributed by atoms with Gasteiger partial charge in [-0.2, -0.15) is 15.2 Å². The number of rotatable bonds is 5. The van der Waals surface area contributed by atoms with E-state index in [4.69, 9.17) is 28.1 Å². The third-order valence-electron chi connectivity index (χ3n) is 5.57. The second-order valence-corrected chi connectivity index (χ2v) is 8.06. The number of nitrogen functional groups attached to an aromatic ring is 2. The lowest BCUT2D eigenvalue weighted by Crippen LogP contribution is -2.31. The lowest BCUT2D eigenvalue weighted by atomic mass is 10.1. The van der Waals surface area contributed by atoms with Crippen LogP contribution in [0, 0.1) is 11.3 Å². The molecule has 6 N–H and O–H groups in total. The lowest BCUT2D eigenvalue weighted by molar-refractivity contribution is 0.424. The molecule has 0 aliphatic carbocycles. The molecular formula is C21H24ClN9O. The van der Waals surface area contributed by atoms with Crippen molar-refractivity contribution in [1.82, 2.24) is 24.8 Å². The summed E-state index contributed by atoms with van der Waals surface area (Å²) in [6, 6.07) is 7.30. The van der Waals surface area contributed by atoms with Gasteiger partial charge in [0.1, 0.15) is 23.3 Å². The van der Waals surface area contributed by atoms with Crippen molar-refractivity contribution in [3.8, 4) is 6.07 Å². The first-order chi connectivity index (χ1) is 15.5. The maximum Gasteiger partial charge on any atom is 0.263 e. The van der Waals surface area contributed by atoms with Gasteiger partial charge in [-0.05, 0) is 44.5 Å². The topological polar surface area (TPSA) is 161 Å². The van der Waals surface area contributed by atoms with Gasteiger partial charge in [-0.15, -0.1) is 0 Å². The number of nitriles is 1. The fourth-order valence-electron chi connectivity index (χ4n) is 4.09. The molecular weight excluding hydrogens is 430 g/mol. The maximum atomic E-state index is 13.5. The molecule has 1 aliphatic heterocycles. The predicted molar refractivity (Wildman–Crippen MR) is 125 cm³/mol. The van der Waals surface area contributed by atoms with Crippen LogP contribution in [0.25, 0.3) is 10.9 Å².